The number of fused-ring (bicyclic) bond motifs is 1. The van der Waals surface area contributed by atoms with E-state index in [0.717, 1.165) is 10.9 Å². The fourth-order valence-corrected chi connectivity index (χ4v) is 2.15. The summed E-state index contributed by atoms with van der Waals surface area (Å²) in [5.74, 6) is -0.552. The van der Waals surface area contributed by atoms with Crippen molar-refractivity contribution in [3.05, 3.63) is 36.0 Å². The minimum absolute atomic E-state index is 0.274. The third kappa shape index (κ3) is 3.17. The van der Waals surface area contributed by atoms with Crippen molar-refractivity contribution in [1.29, 1.82) is 0 Å². The van der Waals surface area contributed by atoms with Gasteiger partial charge >= 0.3 is 0 Å². The molecule has 1 atom stereocenters. The quantitative estimate of drug-likeness (QED) is 0.775. The Labute approximate surface area is 117 Å². The van der Waals surface area contributed by atoms with Crippen molar-refractivity contribution in [3.63, 3.8) is 0 Å². The molecule has 0 radical (unpaired) electrons. The standard InChI is InChI=1S/C15H19N3O2/c1-9(2)7-12(14(16)19)18-15(20)13-8-10-5-3-4-6-11(10)17-13/h3-6,8-9,12,17H,7H2,1-2H3,(H2,16,19)(H,18,20). The second-order valence-corrected chi connectivity index (χ2v) is 5.33. The molecule has 0 fully saturated rings. The van der Waals surface area contributed by atoms with Gasteiger partial charge in [0.2, 0.25) is 5.91 Å². The van der Waals surface area contributed by atoms with Crippen LogP contribution in [0.3, 0.4) is 0 Å². The number of benzene rings is 1. The van der Waals surface area contributed by atoms with Crippen LogP contribution >= 0.6 is 0 Å². The van der Waals surface area contributed by atoms with Gasteiger partial charge in [-0.3, -0.25) is 9.59 Å². The van der Waals surface area contributed by atoms with Gasteiger partial charge in [-0.25, -0.2) is 0 Å². The minimum atomic E-state index is -0.645. The molecule has 1 aromatic heterocycles. The first-order valence-corrected chi connectivity index (χ1v) is 6.65. The highest BCUT2D eigenvalue weighted by molar-refractivity contribution is 6.00. The van der Waals surface area contributed by atoms with E-state index in [1.54, 1.807) is 6.07 Å². The van der Waals surface area contributed by atoms with Gasteiger partial charge in [-0.2, -0.15) is 0 Å². The maximum atomic E-state index is 12.2. The van der Waals surface area contributed by atoms with Crippen LogP contribution in [0.25, 0.3) is 10.9 Å². The average molecular weight is 273 g/mol. The Morgan fingerprint density at radius 2 is 2.00 bits per heavy atom. The molecule has 0 saturated heterocycles. The zero-order chi connectivity index (χ0) is 14.7. The molecule has 0 spiro atoms. The normalized spacial score (nSPS) is 12.6. The number of hydrogen-bond donors (Lipinski definition) is 3. The highest BCUT2D eigenvalue weighted by Crippen LogP contribution is 2.15. The number of rotatable bonds is 5. The van der Waals surface area contributed by atoms with Crippen LogP contribution in [-0.2, 0) is 4.79 Å². The number of para-hydroxylation sites is 1. The third-order valence-corrected chi connectivity index (χ3v) is 3.13. The zero-order valence-electron chi connectivity index (χ0n) is 11.6. The second-order valence-electron chi connectivity index (χ2n) is 5.33. The Bertz CT molecular complexity index is 598. The summed E-state index contributed by atoms with van der Waals surface area (Å²) in [4.78, 5) is 26.6. The van der Waals surface area contributed by atoms with Crippen molar-refractivity contribution in [2.24, 2.45) is 11.7 Å². The highest BCUT2D eigenvalue weighted by atomic mass is 16.2. The fraction of sp³-hybridized carbons (Fsp3) is 0.333. The number of nitrogens with two attached hydrogens (primary N) is 1. The van der Waals surface area contributed by atoms with Crippen LogP contribution in [0.15, 0.2) is 30.3 Å². The zero-order valence-corrected chi connectivity index (χ0v) is 11.6. The van der Waals surface area contributed by atoms with Gasteiger partial charge in [-0.1, -0.05) is 32.0 Å². The predicted octanol–water partition coefficient (Wildman–Crippen LogP) is 1.80. The number of H-pyrrole nitrogens is 1. The molecule has 1 unspecified atom stereocenters. The molecule has 4 N–H and O–H groups in total. The number of aromatic nitrogens is 1. The van der Waals surface area contributed by atoms with Crippen LogP contribution in [0, 0.1) is 5.92 Å². The van der Waals surface area contributed by atoms with Crippen LogP contribution < -0.4 is 11.1 Å². The first-order chi connectivity index (χ1) is 9.47. The summed E-state index contributed by atoms with van der Waals surface area (Å²) in [5, 5.41) is 3.64. The van der Waals surface area contributed by atoms with Gasteiger partial charge < -0.3 is 16.0 Å². The van der Waals surface area contributed by atoms with Crippen molar-refractivity contribution >= 4 is 22.7 Å². The molecule has 2 rings (SSSR count). The van der Waals surface area contributed by atoms with Gasteiger partial charge in [0.25, 0.3) is 5.91 Å². The molecule has 20 heavy (non-hydrogen) atoms. The first kappa shape index (κ1) is 14.1. The summed E-state index contributed by atoms with van der Waals surface area (Å²) in [6, 6.07) is 8.73. The molecule has 1 heterocycles. The van der Waals surface area contributed by atoms with Crippen LogP contribution in [0.1, 0.15) is 30.8 Å². The topological polar surface area (TPSA) is 88.0 Å². The van der Waals surface area contributed by atoms with E-state index in [0.29, 0.717) is 12.1 Å². The van der Waals surface area contributed by atoms with E-state index in [1.807, 2.05) is 38.1 Å². The molecule has 106 valence electrons. The first-order valence-electron chi connectivity index (χ1n) is 6.65. The number of carbonyl (C=O) groups is 2. The van der Waals surface area contributed by atoms with Crippen molar-refractivity contribution < 1.29 is 9.59 Å². The van der Waals surface area contributed by atoms with Crippen LogP contribution in [0.4, 0.5) is 0 Å². The average Bonchev–Trinajstić information content (AvgIpc) is 2.81. The van der Waals surface area contributed by atoms with Crippen molar-refractivity contribution in [2.45, 2.75) is 26.3 Å². The monoisotopic (exact) mass is 273 g/mol. The van der Waals surface area contributed by atoms with Crippen LogP contribution in [-0.4, -0.2) is 22.8 Å². The van der Waals surface area contributed by atoms with E-state index in [1.165, 1.54) is 0 Å². The van der Waals surface area contributed by atoms with Gasteiger partial charge in [0.05, 0.1) is 0 Å². The van der Waals surface area contributed by atoms with Crippen molar-refractivity contribution in [1.82, 2.24) is 10.3 Å². The van der Waals surface area contributed by atoms with E-state index < -0.39 is 11.9 Å². The Balaban J connectivity index is 2.15. The fourth-order valence-electron chi connectivity index (χ4n) is 2.15. The van der Waals surface area contributed by atoms with E-state index in [-0.39, 0.29) is 11.8 Å². The maximum absolute atomic E-state index is 12.2. The SMILES string of the molecule is CC(C)CC(NC(=O)c1cc2ccccc2[nH]1)C(N)=O. The molecule has 2 aromatic rings. The lowest BCUT2D eigenvalue weighted by atomic mass is 10.0. The van der Waals surface area contributed by atoms with E-state index in [9.17, 15) is 9.59 Å². The predicted molar refractivity (Wildman–Crippen MR) is 78.2 cm³/mol. The Hall–Kier alpha value is -2.30. The number of aromatic amines is 1. The van der Waals surface area contributed by atoms with Gasteiger partial charge in [-0.15, -0.1) is 0 Å². The lowest BCUT2D eigenvalue weighted by molar-refractivity contribution is -0.120. The lowest BCUT2D eigenvalue weighted by Crippen LogP contribution is -2.45. The largest absolute Gasteiger partial charge is 0.368 e. The molecule has 0 bridgehead atoms. The lowest BCUT2D eigenvalue weighted by Gasteiger charge is -2.16. The second kappa shape index (κ2) is 5.77. The molecular formula is C15H19N3O2. The van der Waals surface area contributed by atoms with Gasteiger partial charge in [0, 0.05) is 10.9 Å². The number of carbonyl (C=O) groups excluding carboxylic acids is 2. The smallest absolute Gasteiger partial charge is 0.268 e. The molecular weight excluding hydrogens is 254 g/mol. The van der Waals surface area contributed by atoms with Gasteiger partial charge in [-0.05, 0) is 24.5 Å². The molecule has 5 heteroatoms. The van der Waals surface area contributed by atoms with E-state index >= 15 is 0 Å². The highest BCUT2D eigenvalue weighted by Gasteiger charge is 2.20. The molecule has 2 amide bonds. The number of amides is 2. The molecule has 1 aromatic carbocycles. The summed E-state index contributed by atoms with van der Waals surface area (Å²) in [6.45, 7) is 3.95. The van der Waals surface area contributed by atoms with Crippen LogP contribution in [0.5, 0.6) is 0 Å². The Morgan fingerprint density at radius 1 is 1.30 bits per heavy atom. The molecule has 0 aliphatic carbocycles. The molecule has 0 saturated carbocycles. The summed E-state index contributed by atoms with van der Waals surface area (Å²) < 4.78 is 0. The number of primary amides is 1. The van der Waals surface area contributed by atoms with Gasteiger partial charge in [0.15, 0.2) is 0 Å². The number of hydrogen-bond acceptors (Lipinski definition) is 2. The Kier molecular flexibility index (Phi) is 4.08. The Morgan fingerprint density at radius 3 is 2.60 bits per heavy atom. The summed E-state index contributed by atoms with van der Waals surface area (Å²) in [6.07, 6.45) is 0.529. The summed E-state index contributed by atoms with van der Waals surface area (Å²) in [7, 11) is 0. The summed E-state index contributed by atoms with van der Waals surface area (Å²) in [5.41, 5.74) is 6.64. The summed E-state index contributed by atoms with van der Waals surface area (Å²) >= 11 is 0. The molecule has 0 aliphatic heterocycles. The number of nitrogens with one attached hydrogen (secondary N) is 2. The van der Waals surface area contributed by atoms with Crippen LogP contribution in [0.2, 0.25) is 0 Å². The van der Waals surface area contributed by atoms with Crippen molar-refractivity contribution in [2.75, 3.05) is 0 Å². The van der Waals surface area contributed by atoms with E-state index in [2.05, 4.69) is 10.3 Å². The van der Waals surface area contributed by atoms with Crippen molar-refractivity contribution in [3.8, 4) is 0 Å². The van der Waals surface area contributed by atoms with E-state index in [4.69, 9.17) is 5.73 Å². The molecule has 5 nitrogen and oxygen atoms in total. The maximum Gasteiger partial charge on any atom is 0.268 e. The minimum Gasteiger partial charge on any atom is -0.368 e. The van der Waals surface area contributed by atoms with Gasteiger partial charge in [0.1, 0.15) is 11.7 Å². The third-order valence-electron chi connectivity index (χ3n) is 3.13. The molecule has 0 aliphatic rings.